The monoisotopic (exact) mass is 437 g/mol. The third-order valence-electron chi connectivity index (χ3n) is 4.81. The van der Waals surface area contributed by atoms with Gasteiger partial charge in [0.25, 0.3) is 0 Å². The zero-order valence-corrected chi connectivity index (χ0v) is 18.3. The van der Waals surface area contributed by atoms with E-state index in [1.807, 2.05) is 66.7 Å². The molecule has 0 aliphatic heterocycles. The molecule has 0 fully saturated rings. The highest BCUT2D eigenvalue weighted by molar-refractivity contribution is 6.08. The van der Waals surface area contributed by atoms with E-state index in [9.17, 15) is 4.79 Å². The van der Waals surface area contributed by atoms with Crippen molar-refractivity contribution < 1.29 is 4.74 Å². The summed E-state index contributed by atoms with van der Waals surface area (Å²) in [5, 5.41) is 4.58. The molecule has 4 rings (SSSR count). The summed E-state index contributed by atoms with van der Waals surface area (Å²) in [6.07, 6.45) is 4.98. The molecule has 0 aliphatic rings. The quantitative estimate of drug-likeness (QED) is 0.454. The summed E-state index contributed by atoms with van der Waals surface area (Å²) in [7, 11) is 1.59. The molecule has 0 spiro atoms. The average Bonchev–Trinajstić information content (AvgIpc) is 2.84. The van der Waals surface area contributed by atoms with Crippen LogP contribution in [-0.2, 0) is 0 Å². The first kappa shape index (κ1) is 21.7. The molecule has 33 heavy (non-hydrogen) atoms. The summed E-state index contributed by atoms with van der Waals surface area (Å²) in [6, 6.07) is 22.2. The lowest BCUT2D eigenvalue weighted by Gasteiger charge is -2.13. The van der Waals surface area contributed by atoms with Gasteiger partial charge in [0.15, 0.2) is 5.69 Å². The smallest absolute Gasteiger partial charge is 0.209 e. The molecule has 0 aliphatic carbocycles. The normalized spacial score (nSPS) is 11.9. The lowest BCUT2D eigenvalue weighted by Crippen LogP contribution is -2.21. The molecule has 0 amide bonds. The maximum absolute atomic E-state index is 12.7. The van der Waals surface area contributed by atoms with Crippen molar-refractivity contribution >= 4 is 11.4 Å². The molecule has 2 heterocycles. The second-order valence-electron chi connectivity index (χ2n) is 7.30. The van der Waals surface area contributed by atoms with E-state index in [1.165, 1.54) is 6.07 Å². The fourth-order valence-electron chi connectivity index (χ4n) is 3.29. The Bertz CT molecular complexity index is 1370. The summed E-state index contributed by atoms with van der Waals surface area (Å²) in [5.74, 6) is 0.590. The molecule has 0 radical (unpaired) electrons. The van der Waals surface area contributed by atoms with Gasteiger partial charge in [-0.05, 0) is 49.4 Å². The van der Waals surface area contributed by atoms with Gasteiger partial charge < -0.3 is 10.5 Å². The highest BCUT2D eigenvalue weighted by Gasteiger charge is 2.14. The number of aliphatic imine (C=N–C) groups is 1. The second-order valence-corrected chi connectivity index (χ2v) is 7.30. The molecule has 0 atom stereocenters. The van der Waals surface area contributed by atoms with Crippen LogP contribution in [0.15, 0.2) is 107 Å². The number of pyridine rings is 1. The van der Waals surface area contributed by atoms with Gasteiger partial charge in [0.2, 0.25) is 5.43 Å². The van der Waals surface area contributed by atoms with E-state index in [0.717, 1.165) is 11.3 Å². The number of hydrogen-bond donors (Lipinski definition) is 1. The lowest BCUT2D eigenvalue weighted by atomic mass is 10.1. The molecule has 2 aromatic carbocycles. The van der Waals surface area contributed by atoms with Crippen molar-refractivity contribution in [2.75, 3.05) is 7.11 Å². The zero-order chi connectivity index (χ0) is 23.2. The molecule has 7 heteroatoms. The van der Waals surface area contributed by atoms with Crippen LogP contribution in [-0.4, -0.2) is 27.6 Å². The number of rotatable bonds is 6. The number of benzene rings is 2. The van der Waals surface area contributed by atoms with Crippen LogP contribution < -0.4 is 15.9 Å². The SMILES string of the molecule is COc1cc(-c2ccccn2)ccc1-n1ccc(=O)c(C(C=C(C)N)=Nc2ccccc2)n1. The van der Waals surface area contributed by atoms with Gasteiger partial charge in [-0.25, -0.2) is 9.67 Å². The van der Waals surface area contributed by atoms with E-state index in [0.29, 0.717) is 28.5 Å². The van der Waals surface area contributed by atoms with Crippen LogP contribution in [0.25, 0.3) is 16.9 Å². The Morgan fingerprint density at radius 3 is 2.55 bits per heavy atom. The minimum Gasteiger partial charge on any atom is -0.494 e. The van der Waals surface area contributed by atoms with Gasteiger partial charge in [0.05, 0.1) is 24.2 Å². The molecule has 4 aromatic rings. The number of aromatic nitrogens is 3. The average molecular weight is 438 g/mol. The highest BCUT2D eigenvalue weighted by atomic mass is 16.5. The lowest BCUT2D eigenvalue weighted by molar-refractivity contribution is 0.411. The minimum absolute atomic E-state index is 0.182. The number of methoxy groups -OCH3 is 1. The second kappa shape index (κ2) is 9.74. The predicted octanol–water partition coefficient (Wildman–Crippen LogP) is 4.29. The van der Waals surface area contributed by atoms with Crippen LogP contribution in [0.3, 0.4) is 0 Å². The Labute approximate surface area is 191 Å². The fourth-order valence-corrected chi connectivity index (χ4v) is 3.29. The zero-order valence-electron chi connectivity index (χ0n) is 18.3. The van der Waals surface area contributed by atoms with Crippen molar-refractivity contribution in [3.05, 3.63) is 113 Å². The summed E-state index contributed by atoms with van der Waals surface area (Å²) < 4.78 is 7.22. The van der Waals surface area contributed by atoms with Crippen molar-refractivity contribution in [3.63, 3.8) is 0 Å². The van der Waals surface area contributed by atoms with Crippen LogP contribution in [0.1, 0.15) is 12.6 Å². The Morgan fingerprint density at radius 2 is 1.85 bits per heavy atom. The van der Waals surface area contributed by atoms with E-state index in [-0.39, 0.29) is 11.1 Å². The minimum atomic E-state index is -0.262. The van der Waals surface area contributed by atoms with Gasteiger partial charge in [0, 0.05) is 29.7 Å². The molecular weight excluding hydrogens is 414 g/mol. The largest absolute Gasteiger partial charge is 0.494 e. The summed E-state index contributed by atoms with van der Waals surface area (Å²) >= 11 is 0. The third kappa shape index (κ3) is 5.04. The van der Waals surface area contributed by atoms with Crippen molar-refractivity contribution in [1.82, 2.24) is 14.8 Å². The van der Waals surface area contributed by atoms with Crippen LogP contribution >= 0.6 is 0 Å². The Kier molecular flexibility index (Phi) is 6.40. The number of para-hydroxylation sites is 1. The Hall–Kier alpha value is -4.52. The molecule has 0 saturated heterocycles. The number of hydrogen-bond acceptors (Lipinski definition) is 6. The summed E-state index contributed by atoms with van der Waals surface area (Å²) in [5.41, 5.74) is 9.84. The summed E-state index contributed by atoms with van der Waals surface area (Å²) in [4.78, 5) is 21.7. The molecular formula is C26H23N5O2. The van der Waals surface area contributed by atoms with Crippen LogP contribution in [0.2, 0.25) is 0 Å². The topological polar surface area (TPSA) is 95.4 Å². The van der Waals surface area contributed by atoms with E-state index in [2.05, 4.69) is 15.1 Å². The molecule has 2 N–H and O–H groups in total. The fraction of sp³-hybridized carbons (Fsp3) is 0.0769. The third-order valence-corrected chi connectivity index (χ3v) is 4.81. The number of allylic oxidation sites excluding steroid dienone is 2. The van der Waals surface area contributed by atoms with Gasteiger partial charge in [0.1, 0.15) is 11.4 Å². The van der Waals surface area contributed by atoms with E-state index in [4.69, 9.17) is 10.5 Å². The predicted molar refractivity (Wildman–Crippen MR) is 130 cm³/mol. The van der Waals surface area contributed by atoms with Gasteiger partial charge in [-0.15, -0.1) is 0 Å². The van der Waals surface area contributed by atoms with Crippen LogP contribution in [0.5, 0.6) is 5.75 Å². The van der Waals surface area contributed by atoms with Crippen LogP contribution in [0.4, 0.5) is 5.69 Å². The summed E-state index contributed by atoms with van der Waals surface area (Å²) in [6.45, 7) is 1.74. The number of ether oxygens (including phenoxy) is 1. The van der Waals surface area contributed by atoms with E-state index >= 15 is 0 Å². The molecule has 7 nitrogen and oxygen atoms in total. The van der Waals surface area contributed by atoms with Crippen LogP contribution in [0, 0.1) is 0 Å². The first-order chi connectivity index (χ1) is 16.0. The molecule has 0 bridgehead atoms. The molecule has 164 valence electrons. The van der Waals surface area contributed by atoms with Gasteiger partial charge in [-0.1, -0.05) is 30.3 Å². The molecule has 0 saturated carbocycles. The first-order valence-electron chi connectivity index (χ1n) is 10.3. The van der Waals surface area contributed by atoms with E-state index < -0.39 is 0 Å². The van der Waals surface area contributed by atoms with Gasteiger partial charge in [-0.2, -0.15) is 5.10 Å². The van der Waals surface area contributed by atoms with Crippen molar-refractivity contribution in [2.45, 2.75) is 6.92 Å². The Morgan fingerprint density at radius 1 is 1.06 bits per heavy atom. The number of nitrogens with two attached hydrogens (primary N) is 1. The molecule has 2 aromatic heterocycles. The maximum Gasteiger partial charge on any atom is 0.209 e. The van der Waals surface area contributed by atoms with Crippen molar-refractivity contribution in [3.8, 4) is 22.7 Å². The van der Waals surface area contributed by atoms with Gasteiger partial charge >= 0.3 is 0 Å². The highest BCUT2D eigenvalue weighted by Crippen LogP contribution is 2.28. The first-order valence-corrected chi connectivity index (χ1v) is 10.3. The van der Waals surface area contributed by atoms with Gasteiger partial charge in [-0.3, -0.25) is 9.78 Å². The van der Waals surface area contributed by atoms with Crippen molar-refractivity contribution in [1.29, 1.82) is 0 Å². The number of nitrogens with zero attached hydrogens (tertiary/aromatic N) is 4. The molecule has 0 unspecified atom stereocenters. The standard InChI is InChI=1S/C26H23N5O2/c1-18(27)16-22(29-20-8-4-3-5-9-20)26-24(32)13-15-31(30-26)23-12-11-19(17-25(23)33-2)21-10-6-7-14-28-21/h3-17H,27H2,1-2H3. The van der Waals surface area contributed by atoms with E-state index in [1.54, 1.807) is 37.2 Å². The Balaban J connectivity index is 1.82. The maximum atomic E-state index is 12.7. The van der Waals surface area contributed by atoms with Crippen molar-refractivity contribution in [2.24, 2.45) is 10.7 Å².